The van der Waals surface area contributed by atoms with Crippen molar-refractivity contribution in [2.75, 3.05) is 5.32 Å². The molecular formula is C16H13BrClNO. The number of carbonyl (C=O) groups excluding carboxylic acids is 1. The Bertz CT molecular complexity index is 667. The van der Waals surface area contributed by atoms with Crippen LogP contribution in [-0.4, -0.2) is 5.91 Å². The maximum atomic E-state index is 11.9. The molecule has 2 nitrogen and oxygen atoms in total. The van der Waals surface area contributed by atoms with E-state index in [2.05, 4.69) is 21.2 Å². The van der Waals surface area contributed by atoms with Gasteiger partial charge >= 0.3 is 0 Å². The van der Waals surface area contributed by atoms with E-state index in [9.17, 15) is 4.79 Å². The second-order valence-corrected chi connectivity index (χ2v) is 5.61. The number of hydrogen-bond donors (Lipinski definition) is 1. The number of rotatable bonds is 3. The highest BCUT2D eigenvalue weighted by Gasteiger charge is 2.04. The lowest BCUT2D eigenvalue weighted by molar-refractivity contribution is -0.111. The second kappa shape index (κ2) is 6.73. The summed E-state index contributed by atoms with van der Waals surface area (Å²) in [5, 5.41) is 3.45. The zero-order valence-corrected chi connectivity index (χ0v) is 13.2. The highest BCUT2D eigenvalue weighted by Crippen LogP contribution is 2.22. The Morgan fingerprint density at radius 3 is 2.75 bits per heavy atom. The average Bonchev–Trinajstić information content (AvgIpc) is 2.42. The first-order valence-corrected chi connectivity index (χ1v) is 7.23. The molecule has 0 aliphatic rings. The third-order valence-corrected chi connectivity index (χ3v) is 3.70. The molecule has 0 fully saturated rings. The van der Waals surface area contributed by atoms with Gasteiger partial charge in [-0.2, -0.15) is 0 Å². The first kappa shape index (κ1) is 14.8. The highest BCUT2D eigenvalue weighted by atomic mass is 79.9. The SMILES string of the molecule is Cc1c(Cl)cccc1NC(=O)/C=C/c1cccc(Br)c1. The molecule has 0 bridgehead atoms. The van der Waals surface area contributed by atoms with Crippen molar-refractivity contribution in [3.8, 4) is 0 Å². The molecule has 0 saturated heterocycles. The maximum absolute atomic E-state index is 11.9. The topological polar surface area (TPSA) is 29.1 Å². The molecule has 0 aromatic heterocycles. The third-order valence-electron chi connectivity index (χ3n) is 2.80. The van der Waals surface area contributed by atoms with E-state index in [-0.39, 0.29) is 5.91 Å². The standard InChI is InChI=1S/C16H13BrClNO/c1-11-14(18)6-3-7-15(11)19-16(20)9-8-12-4-2-5-13(17)10-12/h2-10H,1H3,(H,19,20)/b9-8+. The van der Waals surface area contributed by atoms with Crippen molar-refractivity contribution in [3.63, 3.8) is 0 Å². The molecule has 0 heterocycles. The van der Waals surface area contributed by atoms with E-state index >= 15 is 0 Å². The fourth-order valence-electron chi connectivity index (χ4n) is 1.70. The summed E-state index contributed by atoms with van der Waals surface area (Å²) in [6.07, 6.45) is 3.27. The molecule has 4 heteroatoms. The van der Waals surface area contributed by atoms with Gasteiger partial charge in [0.15, 0.2) is 0 Å². The van der Waals surface area contributed by atoms with Gasteiger partial charge in [0.2, 0.25) is 5.91 Å². The van der Waals surface area contributed by atoms with Crippen LogP contribution in [0.4, 0.5) is 5.69 Å². The van der Waals surface area contributed by atoms with Crippen LogP contribution >= 0.6 is 27.5 Å². The van der Waals surface area contributed by atoms with Crippen LogP contribution < -0.4 is 5.32 Å². The van der Waals surface area contributed by atoms with Crippen LogP contribution in [0.15, 0.2) is 53.0 Å². The van der Waals surface area contributed by atoms with Gasteiger partial charge in [0.25, 0.3) is 0 Å². The third kappa shape index (κ3) is 3.95. The molecule has 20 heavy (non-hydrogen) atoms. The second-order valence-electron chi connectivity index (χ2n) is 4.29. The molecule has 2 aromatic carbocycles. The molecule has 0 spiro atoms. The van der Waals surface area contributed by atoms with E-state index in [1.165, 1.54) is 6.08 Å². The van der Waals surface area contributed by atoms with Gasteiger partial charge in [0.1, 0.15) is 0 Å². The van der Waals surface area contributed by atoms with E-state index in [4.69, 9.17) is 11.6 Å². The molecule has 1 N–H and O–H groups in total. The minimum atomic E-state index is -0.185. The number of benzene rings is 2. The molecular weight excluding hydrogens is 338 g/mol. The summed E-state index contributed by atoms with van der Waals surface area (Å²) in [6, 6.07) is 13.2. The lowest BCUT2D eigenvalue weighted by Crippen LogP contribution is -2.08. The molecule has 0 saturated carbocycles. The monoisotopic (exact) mass is 349 g/mol. The van der Waals surface area contributed by atoms with Gasteiger partial charge in [0, 0.05) is 21.3 Å². The fourth-order valence-corrected chi connectivity index (χ4v) is 2.29. The van der Waals surface area contributed by atoms with E-state index < -0.39 is 0 Å². The van der Waals surface area contributed by atoms with Crippen molar-refractivity contribution in [1.82, 2.24) is 0 Å². The van der Waals surface area contributed by atoms with Gasteiger partial charge in [-0.05, 0) is 48.4 Å². The predicted molar refractivity (Wildman–Crippen MR) is 88.0 cm³/mol. The Balaban J connectivity index is 2.08. The van der Waals surface area contributed by atoms with Gasteiger partial charge in [-0.1, -0.05) is 45.7 Å². The molecule has 0 atom stereocenters. The summed E-state index contributed by atoms with van der Waals surface area (Å²) in [4.78, 5) is 11.9. The number of hydrogen-bond acceptors (Lipinski definition) is 1. The number of halogens is 2. The lowest BCUT2D eigenvalue weighted by atomic mass is 10.2. The molecule has 2 rings (SSSR count). The largest absolute Gasteiger partial charge is 0.322 e. The van der Waals surface area contributed by atoms with Crippen molar-refractivity contribution in [2.45, 2.75) is 6.92 Å². The Hall–Kier alpha value is -1.58. The fraction of sp³-hybridized carbons (Fsp3) is 0.0625. The summed E-state index contributed by atoms with van der Waals surface area (Å²) in [5.41, 5.74) is 2.54. The van der Waals surface area contributed by atoms with Gasteiger partial charge in [-0.3, -0.25) is 4.79 Å². The van der Waals surface area contributed by atoms with Crippen LogP contribution in [0.25, 0.3) is 6.08 Å². The Morgan fingerprint density at radius 1 is 1.25 bits per heavy atom. The number of carbonyl (C=O) groups is 1. The molecule has 2 aromatic rings. The predicted octanol–water partition coefficient (Wildman–Crippen LogP) is 5.06. The van der Waals surface area contributed by atoms with Crippen LogP contribution in [0.2, 0.25) is 5.02 Å². The van der Waals surface area contributed by atoms with E-state index in [0.29, 0.717) is 5.02 Å². The Morgan fingerprint density at radius 2 is 2.00 bits per heavy atom. The van der Waals surface area contributed by atoms with Crippen LogP contribution in [0, 0.1) is 6.92 Å². The summed E-state index contributed by atoms with van der Waals surface area (Å²) in [5.74, 6) is -0.185. The van der Waals surface area contributed by atoms with Crippen molar-refractivity contribution in [1.29, 1.82) is 0 Å². The molecule has 0 unspecified atom stereocenters. The van der Waals surface area contributed by atoms with Gasteiger partial charge in [-0.15, -0.1) is 0 Å². The zero-order valence-electron chi connectivity index (χ0n) is 10.9. The number of nitrogens with one attached hydrogen (secondary N) is 1. The van der Waals surface area contributed by atoms with E-state index in [0.717, 1.165) is 21.3 Å². The first-order chi connectivity index (χ1) is 9.56. The van der Waals surface area contributed by atoms with Gasteiger partial charge in [-0.25, -0.2) is 0 Å². The van der Waals surface area contributed by atoms with Crippen LogP contribution in [0.1, 0.15) is 11.1 Å². The van der Waals surface area contributed by atoms with Gasteiger partial charge < -0.3 is 5.32 Å². The molecule has 102 valence electrons. The van der Waals surface area contributed by atoms with Crippen LogP contribution in [-0.2, 0) is 4.79 Å². The van der Waals surface area contributed by atoms with E-state index in [1.807, 2.05) is 43.3 Å². The molecule has 0 aliphatic carbocycles. The normalized spacial score (nSPS) is 10.8. The molecule has 0 aliphatic heterocycles. The van der Waals surface area contributed by atoms with Gasteiger partial charge in [0.05, 0.1) is 0 Å². The lowest BCUT2D eigenvalue weighted by Gasteiger charge is -2.07. The highest BCUT2D eigenvalue weighted by molar-refractivity contribution is 9.10. The van der Waals surface area contributed by atoms with Crippen molar-refractivity contribution < 1.29 is 4.79 Å². The summed E-state index contributed by atoms with van der Waals surface area (Å²) in [6.45, 7) is 1.87. The van der Waals surface area contributed by atoms with E-state index in [1.54, 1.807) is 12.1 Å². The minimum Gasteiger partial charge on any atom is -0.322 e. The summed E-state index contributed by atoms with van der Waals surface area (Å²) >= 11 is 9.40. The number of anilines is 1. The summed E-state index contributed by atoms with van der Waals surface area (Å²) in [7, 11) is 0. The average molecular weight is 351 g/mol. The molecule has 1 amide bonds. The number of amides is 1. The Kier molecular flexibility index (Phi) is 4.99. The van der Waals surface area contributed by atoms with Crippen LogP contribution in [0.3, 0.4) is 0 Å². The van der Waals surface area contributed by atoms with Crippen LogP contribution in [0.5, 0.6) is 0 Å². The van der Waals surface area contributed by atoms with Crippen molar-refractivity contribution >= 4 is 45.2 Å². The van der Waals surface area contributed by atoms with Crippen molar-refractivity contribution in [3.05, 3.63) is 69.2 Å². The summed E-state index contributed by atoms with van der Waals surface area (Å²) < 4.78 is 0.978. The quantitative estimate of drug-likeness (QED) is 0.770. The zero-order chi connectivity index (χ0) is 14.5. The Labute approximate surface area is 131 Å². The minimum absolute atomic E-state index is 0.185. The maximum Gasteiger partial charge on any atom is 0.248 e. The molecule has 0 radical (unpaired) electrons. The first-order valence-electron chi connectivity index (χ1n) is 6.06. The van der Waals surface area contributed by atoms with Crippen molar-refractivity contribution in [2.24, 2.45) is 0 Å². The smallest absolute Gasteiger partial charge is 0.248 e.